The second-order valence-electron chi connectivity index (χ2n) is 7.72. The smallest absolute Gasteiger partial charge is 0.200 e. The van der Waals surface area contributed by atoms with E-state index in [1.54, 1.807) is 18.2 Å². The molecule has 0 fully saturated rings. The molecular formula is C24H34Cl2N4O5. The maximum absolute atomic E-state index is 13.7. The van der Waals surface area contributed by atoms with Gasteiger partial charge in [-0.3, -0.25) is 9.59 Å². The number of aliphatic hydroxyl groups is 2. The van der Waals surface area contributed by atoms with E-state index in [2.05, 4.69) is 21.3 Å². The van der Waals surface area contributed by atoms with Gasteiger partial charge >= 0.3 is 0 Å². The van der Waals surface area contributed by atoms with Crippen LogP contribution in [0.2, 0.25) is 0 Å². The number of ketones is 2. The molecule has 0 aromatic heterocycles. The van der Waals surface area contributed by atoms with E-state index < -0.39 is 0 Å². The number of halogens is 2. The van der Waals surface area contributed by atoms with Gasteiger partial charge in [-0.05, 0) is 30.2 Å². The Hall–Kier alpha value is -2.40. The fraction of sp³-hybridized carbons (Fsp3) is 0.417. The van der Waals surface area contributed by atoms with Gasteiger partial charge in [-0.15, -0.1) is 24.8 Å². The van der Waals surface area contributed by atoms with Crippen LogP contribution in [0.15, 0.2) is 24.3 Å². The first-order valence-electron chi connectivity index (χ1n) is 11.3. The standard InChI is InChI=1S/C24H32N4O5.2ClH/c1-2-15-3-6-18(31)22-19(15)23(32)20-16(27-9-7-25-11-13-29)4-5-17(21(20)24(22)33)28-10-8-26-12-14-30;;/h3-6,25-31H,2,7-14H2,1H3;2*1H. The van der Waals surface area contributed by atoms with Crippen LogP contribution < -0.4 is 21.3 Å². The Bertz CT molecular complexity index is 1020. The van der Waals surface area contributed by atoms with Gasteiger partial charge < -0.3 is 36.6 Å². The largest absolute Gasteiger partial charge is 0.507 e. The highest BCUT2D eigenvalue weighted by atomic mass is 35.5. The van der Waals surface area contributed by atoms with Crippen LogP contribution in [-0.4, -0.2) is 79.4 Å². The number of aromatic hydroxyl groups is 1. The average Bonchev–Trinajstić information content (AvgIpc) is 2.82. The van der Waals surface area contributed by atoms with E-state index in [-0.39, 0.29) is 72.0 Å². The number of fused-ring (bicyclic) bond motifs is 2. The number of hydrogen-bond acceptors (Lipinski definition) is 9. The molecule has 1 aliphatic carbocycles. The molecule has 0 spiro atoms. The van der Waals surface area contributed by atoms with Crippen molar-refractivity contribution in [2.45, 2.75) is 13.3 Å². The van der Waals surface area contributed by atoms with Crippen molar-refractivity contribution in [2.75, 3.05) is 63.1 Å². The Balaban J connectivity index is 0.00000306. The predicted octanol–water partition coefficient (Wildman–Crippen LogP) is 1.56. The number of benzene rings is 2. The van der Waals surface area contributed by atoms with Gasteiger partial charge in [0.25, 0.3) is 0 Å². The van der Waals surface area contributed by atoms with Gasteiger partial charge in [-0.25, -0.2) is 0 Å². The molecule has 0 bridgehead atoms. The van der Waals surface area contributed by atoms with Gasteiger partial charge in [0.05, 0.1) is 29.9 Å². The number of phenols is 1. The quantitative estimate of drug-likeness (QED) is 0.164. The Morgan fingerprint density at radius 2 is 1.14 bits per heavy atom. The van der Waals surface area contributed by atoms with Crippen molar-refractivity contribution in [3.63, 3.8) is 0 Å². The maximum Gasteiger partial charge on any atom is 0.200 e. The fourth-order valence-electron chi connectivity index (χ4n) is 4.02. The van der Waals surface area contributed by atoms with Crippen LogP contribution in [0, 0.1) is 0 Å². The van der Waals surface area contributed by atoms with Crippen LogP contribution in [0.25, 0.3) is 0 Å². The summed E-state index contributed by atoms with van der Waals surface area (Å²) >= 11 is 0. The SMILES string of the molecule is CCc1ccc(O)c2c1C(=O)c1c(NCCNCCO)ccc(NCCNCCO)c1C2=O.Cl.Cl. The van der Waals surface area contributed by atoms with Gasteiger partial charge in [0.1, 0.15) is 5.75 Å². The summed E-state index contributed by atoms with van der Waals surface area (Å²) in [5.41, 5.74) is 2.64. The number of nitrogens with one attached hydrogen (secondary N) is 4. The molecule has 7 N–H and O–H groups in total. The monoisotopic (exact) mass is 528 g/mol. The van der Waals surface area contributed by atoms with Crippen LogP contribution in [0.4, 0.5) is 11.4 Å². The Kier molecular flexibility index (Phi) is 13.0. The van der Waals surface area contributed by atoms with Crippen molar-refractivity contribution in [1.82, 2.24) is 10.6 Å². The summed E-state index contributed by atoms with van der Waals surface area (Å²) in [5.74, 6) is -0.881. The molecule has 3 rings (SSSR count). The zero-order valence-electron chi connectivity index (χ0n) is 19.6. The predicted molar refractivity (Wildman–Crippen MR) is 142 cm³/mol. The highest BCUT2D eigenvalue weighted by Gasteiger charge is 2.37. The van der Waals surface area contributed by atoms with Gasteiger partial charge in [0.2, 0.25) is 0 Å². The molecule has 0 unspecified atom stereocenters. The average molecular weight is 529 g/mol. The highest BCUT2D eigenvalue weighted by Crippen LogP contribution is 2.40. The minimum atomic E-state index is -0.389. The number of carbonyl (C=O) groups is 2. The van der Waals surface area contributed by atoms with E-state index in [1.165, 1.54) is 6.07 Å². The summed E-state index contributed by atoms with van der Waals surface area (Å²) in [5, 5.41) is 40.9. The molecule has 0 aliphatic heterocycles. The lowest BCUT2D eigenvalue weighted by atomic mass is 9.79. The number of phenolic OH excluding ortho intramolecular Hbond substituents is 1. The normalized spacial score (nSPS) is 11.7. The van der Waals surface area contributed by atoms with Crippen molar-refractivity contribution in [3.8, 4) is 5.75 Å². The van der Waals surface area contributed by atoms with Gasteiger partial charge in [-0.1, -0.05) is 13.0 Å². The van der Waals surface area contributed by atoms with Crippen LogP contribution in [0.1, 0.15) is 44.3 Å². The van der Waals surface area contributed by atoms with Crippen molar-refractivity contribution >= 4 is 47.8 Å². The maximum atomic E-state index is 13.7. The molecule has 0 heterocycles. The number of carbonyl (C=O) groups excluding carboxylic acids is 2. The summed E-state index contributed by atoms with van der Waals surface area (Å²) in [6.45, 7) is 5.04. The minimum Gasteiger partial charge on any atom is -0.507 e. The van der Waals surface area contributed by atoms with E-state index in [0.717, 1.165) is 0 Å². The summed E-state index contributed by atoms with van der Waals surface area (Å²) in [4.78, 5) is 27.3. The van der Waals surface area contributed by atoms with Crippen molar-refractivity contribution in [1.29, 1.82) is 0 Å². The van der Waals surface area contributed by atoms with Crippen LogP contribution in [0.3, 0.4) is 0 Å². The summed E-state index contributed by atoms with van der Waals surface area (Å²) < 4.78 is 0. The Labute approximate surface area is 217 Å². The number of aliphatic hydroxyl groups excluding tert-OH is 2. The third-order valence-electron chi connectivity index (χ3n) is 5.58. The third kappa shape index (κ3) is 6.84. The topological polar surface area (TPSA) is 143 Å². The van der Waals surface area contributed by atoms with Crippen molar-refractivity contribution < 1.29 is 24.9 Å². The molecule has 1 aliphatic rings. The molecule has 2 aromatic carbocycles. The Morgan fingerprint density at radius 3 is 1.60 bits per heavy atom. The van der Waals surface area contributed by atoms with E-state index >= 15 is 0 Å². The van der Waals surface area contributed by atoms with Crippen LogP contribution in [-0.2, 0) is 6.42 Å². The number of rotatable bonds is 13. The zero-order chi connectivity index (χ0) is 23.8. The molecule has 2 aromatic rings. The molecule has 194 valence electrons. The van der Waals surface area contributed by atoms with Crippen molar-refractivity contribution in [3.05, 3.63) is 52.1 Å². The van der Waals surface area contributed by atoms with Crippen LogP contribution >= 0.6 is 24.8 Å². The summed E-state index contributed by atoms with van der Waals surface area (Å²) in [6, 6.07) is 6.68. The van der Waals surface area contributed by atoms with E-state index in [0.29, 0.717) is 68.2 Å². The second-order valence-corrected chi connectivity index (χ2v) is 7.72. The van der Waals surface area contributed by atoms with Gasteiger partial charge in [0, 0.05) is 56.2 Å². The number of hydrogen-bond donors (Lipinski definition) is 7. The first-order chi connectivity index (χ1) is 16.0. The zero-order valence-corrected chi connectivity index (χ0v) is 21.3. The summed E-state index contributed by atoms with van der Waals surface area (Å²) in [7, 11) is 0. The third-order valence-corrected chi connectivity index (χ3v) is 5.58. The van der Waals surface area contributed by atoms with E-state index in [1.807, 2.05) is 6.92 Å². The second kappa shape index (κ2) is 14.9. The fourth-order valence-corrected chi connectivity index (χ4v) is 4.02. The first-order valence-corrected chi connectivity index (χ1v) is 11.3. The number of anilines is 2. The van der Waals surface area contributed by atoms with Crippen molar-refractivity contribution in [2.24, 2.45) is 0 Å². The van der Waals surface area contributed by atoms with E-state index in [9.17, 15) is 14.7 Å². The van der Waals surface area contributed by atoms with Gasteiger partial charge in [-0.2, -0.15) is 0 Å². The molecule has 0 saturated heterocycles. The molecule has 35 heavy (non-hydrogen) atoms. The molecule has 0 amide bonds. The Morgan fingerprint density at radius 1 is 0.657 bits per heavy atom. The first kappa shape index (κ1) is 30.6. The highest BCUT2D eigenvalue weighted by molar-refractivity contribution is 6.33. The lowest BCUT2D eigenvalue weighted by Crippen LogP contribution is -2.29. The molecule has 11 heteroatoms. The molecule has 0 saturated carbocycles. The minimum absolute atomic E-state index is 0. The lowest BCUT2D eigenvalue weighted by molar-refractivity contribution is 0.0977. The van der Waals surface area contributed by atoms with Crippen LogP contribution in [0.5, 0.6) is 5.75 Å². The summed E-state index contributed by atoms with van der Waals surface area (Å²) in [6.07, 6.45) is 0.555. The molecule has 9 nitrogen and oxygen atoms in total. The number of aryl methyl sites for hydroxylation is 1. The van der Waals surface area contributed by atoms with Gasteiger partial charge in [0.15, 0.2) is 11.6 Å². The lowest BCUT2D eigenvalue weighted by Gasteiger charge is -2.26. The molecule has 0 radical (unpaired) electrons. The molecule has 0 atom stereocenters. The van der Waals surface area contributed by atoms with E-state index in [4.69, 9.17) is 10.2 Å². The molecular weight excluding hydrogens is 495 g/mol.